The average molecular weight is 256 g/mol. The lowest BCUT2D eigenvalue weighted by Gasteiger charge is -2.05. The van der Waals surface area contributed by atoms with Crippen molar-refractivity contribution in [1.29, 1.82) is 0 Å². The van der Waals surface area contributed by atoms with Gasteiger partial charge in [0.05, 0.1) is 23.1 Å². The molecular weight excluding hydrogens is 240 g/mol. The zero-order chi connectivity index (χ0) is 13.7. The van der Waals surface area contributed by atoms with Gasteiger partial charge in [-0.2, -0.15) is 5.10 Å². The molecule has 1 aromatic carbocycles. The number of aryl methyl sites for hydroxylation is 2. The van der Waals surface area contributed by atoms with E-state index in [1.807, 2.05) is 27.1 Å². The fourth-order valence-electron chi connectivity index (χ4n) is 2.61. The van der Waals surface area contributed by atoms with E-state index in [-0.39, 0.29) is 5.75 Å². The van der Waals surface area contributed by atoms with Gasteiger partial charge in [0, 0.05) is 36.8 Å². The third-order valence-corrected chi connectivity index (χ3v) is 3.68. The van der Waals surface area contributed by atoms with Crippen molar-refractivity contribution < 1.29 is 5.11 Å². The highest BCUT2D eigenvalue weighted by molar-refractivity contribution is 6.00. The number of nitrogen functional groups attached to an aromatic ring is 1. The molecule has 0 saturated carbocycles. The number of fused-ring (bicyclic) bond motifs is 1. The second kappa shape index (κ2) is 3.78. The molecule has 3 aromatic rings. The van der Waals surface area contributed by atoms with Crippen LogP contribution in [0, 0.1) is 6.92 Å². The topological polar surface area (TPSA) is 69.0 Å². The van der Waals surface area contributed by atoms with Gasteiger partial charge in [0.25, 0.3) is 0 Å². The summed E-state index contributed by atoms with van der Waals surface area (Å²) in [6.07, 6.45) is 1.66. The van der Waals surface area contributed by atoms with Crippen molar-refractivity contribution >= 4 is 16.6 Å². The Bertz CT molecular complexity index is 763. The predicted octanol–water partition coefficient (Wildman–Crippen LogP) is 2.18. The number of anilines is 1. The maximum Gasteiger partial charge on any atom is 0.117 e. The number of nitrogens with zero attached hydrogens (tertiary/aromatic N) is 3. The standard InChI is InChI=1S/C14H16N4O/c1-8-13(14-11(15)7-16-18(14)3)10-5-4-9(19)6-12(10)17(8)2/h4-7,19H,15H2,1-3H3. The first-order valence-electron chi connectivity index (χ1n) is 6.06. The largest absolute Gasteiger partial charge is 0.508 e. The Labute approximate surface area is 110 Å². The molecule has 5 heteroatoms. The Kier molecular flexibility index (Phi) is 2.32. The Morgan fingerprint density at radius 3 is 2.63 bits per heavy atom. The molecule has 0 saturated heterocycles. The number of hydrogen-bond donors (Lipinski definition) is 2. The van der Waals surface area contributed by atoms with Gasteiger partial charge in [-0.25, -0.2) is 0 Å². The SMILES string of the molecule is Cc1c(-c2c(N)cnn2C)c2ccc(O)cc2n1C. The minimum absolute atomic E-state index is 0.262. The van der Waals surface area contributed by atoms with Crippen molar-refractivity contribution in [2.24, 2.45) is 14.1 Å². The summed E-state index contributed by atoms with van der Waals surface area (Å²) in [6.45, 7) is 2.04. The van der Waals surface area contributed by atoms with Crippen molar-refractivity contribution in [1.82, 2.24) is 14.3 Å². The molecule has 2 heterocycles. The Morgan fingerprint density at radius 1 is 1.26 bits per heavy atom. The van der Waals surface area contributed by atoms with Crippen molar-refractivity contribution in [2.45, 2.75) is 6.92 Å². The Morgan fingerprint density at radius 2 is 2.00 bits per heavy atom. The van der Waals surface area contributed by atoms with Crippen LogP contribution in [0.1, 0.15) is 5.69 Å². The van der Waals surface area contributed by atoms with Gasteiger partial charge in [-0.3, -0.25) is 4.68 Å². The van der Waals surface area contributed by atoms with E-state index in [2.05, 4.69) is 9.67 Å². The monoisotopic (exact) mass is 256 g/mol. The van der Waals surface area contributed by atoms with Gasteiger partial charge in [-0.1, -0.05) is 0 Å². The van der Waals surface area contributed by atoms with Crippen molar-refractivity contribution in [2.75, 3.05) is 5.73 Å². The highest BCUT2D eigenvalue weighted by Crippen LogP contribution is 2.37. The number of benzene rings is 1. The first-order valence-corrected chi connectivity index (χ1v) is 6.06. The first-order chi connectivity index (χ1) is 9.00. The summed E-state index contributed by atoms with van der Waals surface area (Å²) >= 11 is 0. The smallest absolute Gasteiger partial charge is 0.117 e. The van der Waals surface area contributed by atoms with Gasteiger partial charge in [0.2, 0.25) is 0 Å². The van der Waals surface area contributed by atoms with E-state index in [0.717, 1.165) is 27.9 Å². The lowest BCUT2D eigenvalue weighted by molar-refractivity contribution is 0.476. The number of phenolic OH excluding ortho intramolecular Hbond substituents is 1. The zero-order valence-corrected chi connectivity index (χ0v) is 11.2. The third kappa shape index (κ3) is 1.51. The van der Waals surface area contributed by atoms with Gasteiger partial charge in [0.1, 0.15) is 5.75 Å². The number of aromatic hydroxyl groups is 1. The number of hydrogen-bond acceptors (Lipinski definition) is 3. The fourth-order valence-corrected chi connectivity index (χ4v) is 2.61. The van der Waals surface area contributed by atoms with Crippen LogP contribution in [0.2, 0.25) is 0 Å². The van der Waals surface area contributed by atoms with E-state index in [0.29, 0.717) is 5.69 Å². The van der Waals surface area contributed by atoms with Crippen LogP contribution >= 0.6 is 0 Å². The summed E-state index contributed by atoms with van der Waals surface area (Å²) < 4.78 is 3.83. The quantitative estimate of drug-likeness (QED) is 0.701. The normalized spacial score (nSPS) is 11.3. The van der Waals surface area contributed by atoms with E-state index in [1.54, 1.807) is 23.0 Å². The van der Waals surface area contributed by atoms with E-state index >= 15 is 0 Å². The molecule has 0 aliphatic rings. The molecule has 0 bridgehead atoms. The second-order valence-corrected chi connectivity index (χ2v) is 4.79. The van der Waals surface area contributed by atoms with Gasteiger partial charge < -0.3 is 15.4 Å². The van der Waals surface area contributed by atoms with Crippen molar-refractivity contribution in [3.8, 4) is 17.0 Å². The molecule has 3 N–H and O–H groups in total. The summed E-state index contributed by atoms with van der Waals surface area (Å²) in [4.78, 5) is 0. The first kappa shape index (κ1) is 11.6. The molecule has 19 heavy (non-hydrogen) atoms. The minimum Gasteiger partial charge on any atom is -0.508 e. The van der Waals surface area contributed by atoms with E-state index in [1.165, 1.54) is 0 Å². The van der Waals surface area contributed by atoms with Crippen LogP contribution in [0.4, 0.5) is 5.69 Å². The molecule has 0 radical (unpaired) electrons. The summed E-state index contributed by atoms with van der Waals surface area (Å²) in [6, 6.07) is 5.37. The highest BCUT2D eigenvalue weighted by Gasteiger charge is 2.18. The summed E-state index contributed by atoms with van der Waals surface area (Å²) in [7, 11) is 3.86. The van der Waals surface area contributed by atoms with Gasteiger partial charge in [-0.05, 0) is 19.1 Å². The maximum absolute atomic E-state index is 9.64. The van der Waals surface area contributed by atoms with Crippen molar-refractivity contribution in [3.05, 3.63) is 30.1 Å². The van der Waals surface area contributed by atoms with Crippen LogP contribution in [-0.4, -0.2) is 19.5 Å². The molecule has 0 atom stereocenters. The predicted molar refractivity (Wildman–Crippen MR) is 75.9 cm³/mol. The minimum atomic E-state index is 0.262. The van der Waals surface area contributed by atoms with Crippen LogP contribution in [0.15, 0.2) is 24.4 Å². The maximum atomic E-state index is 9.64. The third-order valence-electron chi connectivity index (χ3n) is 3.68. The molecule has 0 fully saturated rings. The lowest BCUT2D eigenvalue weighted by atomic mass is 10.1. The van der Waals surface area contributed by atoms with E-state index in [9.17, 15) is 5.11 Å². The molecule has 0 aliphatic heterocycles. The number of aromatic nitrogens is 3. The Hall–Kier alpha value is -2.43. The second-order valence-electron chi connectivity index (χ2n) is 4.79. The molecule has 98 valence electrons. The van der Waals surface area contributed by atoms with Gasteiger partial charge in [0.15, 0.2) is 0 Å². The molecule has 0 aliphatic carbocycles. The van der Waals surface area contributed by atoms with Gasteiger partial charge >= 0.3 is 0 Å². The molecular formula is C14H16N4O. The van der Waals surface area contributed by atoms with Crippen LogP contribution in [0.3, 0.4) is 0 Å². The van der Waals surface area contributed by atoms with Crippen molar-refractivity contribution in [3.63, 3.8) is 0 Å². The number of phenols is 1. The molecule has 2 aromatic heterocycles. The Balaban J connectivity index is 2.45. The number of nitrogens with two attached hydrogens (primary N) is 1. The van der Waals surface area contributed by atoms with Crippen LogP contribution in [0.5, 0.6) is 5.75 Å². The summed E-state index contributed by atoms with van der Waals surface area (Å²) in [5.74, 6) is 0.262. The lowest BCUT2D eigenvalue weighted by Crippen LogP contribution is -1.98. The average Bonchev–Trinajstić information content (AvgIpc) is 2.81. The molecule has 0 unspecified atom stereocenters. The molecule has 5 nitrogen and oxygen atoms in total. The highest BCUT2D eigenvalue weighted by atomic mass is 16.3. The van der Waals surface area contributed by atoms with Crippen LogP contribution in [0.25, 0.3) is 22.2 Å². The summed E-state index contributed by atoms with van der Waals surface area (Å²) in [5, 5.41) is 14.9. The molecule has 0 spiro atoms. The van der Waals surface area contributed by atoms with E-state index < -0.39 is 0 Å². The van der Waals surface area contributed by atoms with Crippen LogP contribution in [-0.2, 0) is 14.1 Å². The summed E-state index contributed by atoms with van der Waals surface area (Å²) in [5.41, 5.74) is 10.7. The molecule has 3 rings (SSSR count). The molecule has 0 amide bonds. The van der Waals surface area contributed by atoms with E-state index in [4.69, 9.17) is 5.73 Å². The van der Waals surface area contributed by atoms with Crippen LogP contribution < -0.4 is 5.73 Å². The number of rotatable bonds is 1. The zero-order valence-electron chi connectivity index (χ0n) is 11.2. The van der Waals surface area contributed by atoms with Gasteiger partial charge in [-0.15, -0.1) is 0 Å². The fraction of sp³-hybridized carbons (Fsp3) is 0.214.